The van der Waals surface area contributed by atoms with Gasteiger partial charge in [-0.05, 0) is 41.8 Å². The topological polar surface area (TPSA) is 65.5 Å². The van der Waals surface area contributed by atoms with Crippen molar-refractivity contribution >= 4 is 35.8 Å². The van der Waals surface area contributed by atoms with Gasteiger partial charge in [-0.2, -0.15) is 0 Å². The van der Waals surface area contributed by atoms with Crippen molar-refractivity contribution < 1.29 is 9.18 Å². The smallest absolute Gasteiger partial charge is 0.251 e. The van der Waals surface area contributed by atoms with Gasteiger partial charge in [0, 0.05) is 38.2 Å². The van der Waals surface area contributed by atoms with Crippen molar-refractivity contribution in [3.8, 4) is 0 Å². The van der Waals surface area contributed by atoms with E-state index in [-0.39, 0.29) is 41.1 Å². The van der Waals surface area contributed by atoms with Crippen molar-refractivity contribution in [2.45, 2.75) is 25.7 Å². The Morgan fingerprint density at radius 3 is 2.48 bits per heavy atom. The Kier molecular flexibility index (Phi) is 10.1. The number of aliphatic imine (C=N–C) groups is 1. The normalized spacial score (nSPS) is 11.4. The lowest BCUT2D eigenvalue weighted by Gasteiger charge is -2.27. The van der Waals surface area contributed by atoms with Crippen LogP contribution in [0.3, 0.4) is 0 Å². The van der Waals surface area contributed by atoms with E-state index in [9.17, 15) is 9.18 Å². The zero-order valence-corrected chi connectivity index (χ0v) is 19.7. The van der Waals surface area contributed by atoms with Crippen LogP contribution in [0.2, 0.25) is 0 Å². The maximum Gasteiger partial charge on any atom is 0.251 e. The fraction of sp³-hybridized carbons (Fsp3) is 0.364. The molecule has 0 heterocycles. The SMILES string of the molecule is CN=C(NCCc1cccc(C(=O)NC)c1)NCC(C)(C)c1cccc(F)c1.I. The summed E-state index contributed by atoms with van der Waals surface area (Å²) in [5.41, 5.74) is 2.41. The Balaban J connectivity index is 0.00000420. The highest BCUT2D eigenvalue weighted by Crippen LogP contribution is 2.22. The molecule has 0 aliphatic carbocycles. The molecule has 0 unspecified atom stereocenters. The van der Waals surface area contributed by atoms with Crippen molar-refractivity contribution in [1.29, 1.82) is 0 Å². The molecule has 2 aromatic carbocycles. The van der Waals surface area contributed by atoms with Gasteiger partial charge < -0.3 is 16.0 Å². The lowest BCUT2D eigenvalue weighted by Crippen LogP contribution is -2.44. The van der Waals surface area contributed by atoms with E-state index in [0.717, 1.165) is 17.5 Å². The number of nitrogens with zero attached hydrogens (tertiary/aromatic N) is 1. The Bertz CT molecular complexity index is 839. The summed E-state index contributed by atoms with van der Waals surface area (Å²) in [7, 11) is 3.34. The molecule has 2 rings (SSSR count). The molecule has 0 radical (unpaired) electrons. The van der Waals surface area contributed by atoms with Crippen LogP contribution >= 0.6 is 24.0 Å². The quantitative estimate of drug-likeness (QED) is 0.303. The van der Waals surface area contributed by atoms with Gasteiger partial charge in [0.25, 0.3) is 5.91 Å². The Morgan fingerprint density at radius 2 is 1.83 bits per heavy atom. The van der Waals surface area contributed by atoms with E-state index >= 15 is 0 Å². The van der Waals surface area contributed by atoms with Crippen LogP contribution in [0.4, 0.5) is 4.39 Å². The predicted molar refractivity (Wildman–Crippen MR) is 128 cm³/mol. The van der Waals surface area contributed by atoms with E-state index in [2.05, 4.69) is 34.8 Å². The minimum Gasteiger partial charge on any atom is -0.356 e. The monoisotopic (exact) mass is 512 g/mol. The van der Waals surface area contributed by atoms with Gasteiger partial charge in [0.05, 0.1) is 0 Å². The first-order valence-corrected chi connectivity index (χ1v) is 9.37. The van der Waals surface area contributed by atoms with Crippen molar-refractivity contribution in [3.05, 3.63) is 71.0 Å². The van der Waals surface area contributed by atoms with Gasteiger partial charge in [-0.15, -0.1) is 24.0 Å². The second-order valence-corrected chi connectivity index (χ2v) is 7.28. The summed E-state index contributed by atoms with van der Waals surface area (Å²) >= 11 is 0. The number of rotatable bonds is 7. The average molecular weight is 512 g/mol. The maximum absolute atomic E-state index is 13.5. The molecule has 0 saturated carbocycles. The zero-order valence-electron chi connectivity index (χ0n) is 17.4. The summed E-state index contributed by atoms with van der Waals surface area (Å²) < 4.78 is 13.5. The van der Waals surface area contributed by atoms with Crippen LogP contribution in [0.25, 0.3) is 0 Å². The van der Waals surface area contributed by atoms with Crippen molar-refractivity contribution in [3.63, 3.8) is 0 Å². The van der Waals surface area contributed by atoms with E-state index in [1.165, 1.54) is 6.07 Å². The number of carbonyl (C=O) groups excluding carboxylic acids is 1. The first-order chi connectivity index (χ1) is 13.4. The van der Waals surface area contributed by atoms with Crippen LogP contribution in [0.5, 0.6) is 0 Å². The summed E-state index contributed by atoms with van der Waals surface area (Å²) in [6.45, 7) is 5.41. The van der Waals surface area contributed by atoms with Crippen LogP contribution in [-0.2, 0) is 11.8 Å². The molecule has 5 nitrogen and oxygen atoms in total. The number of amides is 1. The molecular weight excluding hydrogens is 482 g/mol. The van der Waals surface area contributed by atoms with Crippen LogP contribution in [0.15, 0.2) is 53.5 Å². The van der Waals surface area contributed by atoms with E-state index in [0.29, 0.717) is 24.6 Å². The Hall–Kier alpha value is -2.16. The summed E-state index contributed by atoms with van der Waals surface area (Å²) in [4.78, 5) is 16.0. The molecule has 0 bridgehead atoms. The second-order valence-electron chi connectivity index (χ2n) is 7.28. The molecule has 0 aliphatic heterocycles. The molecule has 0 atom stereocenters. The minimum atomic E-state index is -0.248. The number of halogens is 2. The molecule has 3 N–H and O–H groups in total. The molecule has 2 aromatic rings. The molecule has 0 spiro atoms. The van der Waals surface area contributed by atoms with Crippen LogP contribution < -0.4 is 16.0 Å². The van der Waals surface area contributed by atoms with Crippen LogP contribution in [0, 0.1) is 5.82 Å². The lowest BCUT2D eigenvalue weighted by atomic mass is 9.84. The number of carbonyl (C=O) groups is 1. The molecule has 0 fully saturated rings. The number of hydrogen-bond donors (Lipinski definition) is 3. The third kappa shape index (κ3) is 7.64. The Labute approximate surface area is 189 Å². The van der Waals surface area contributed by atoms with E-state index < -0.39 is 0 Å². The van der Waals surface area contributed by atoms with Crippen molar-refractivity contribution in [2.75, 3.05) is 27.2 Å². The summed E-state index contributed by atoms with van der Waals surface area (Å²) in [5, 5.41) is 9.22. The molecule has 0 saturated heterocycles. The van der Waals surface area contributed by atoms with Crippen LogP contribution in [-0.4, -0.2) is 39.1 Å². The fourth-order valence-corrected chi connectivity index (χ4v) is 2.87. The minimum absolute atomic E-state index is 0. The molecule has 0 aromatic heterocycles. The highest BCUT2D eigenvalue weighted by Gasteiger charge is 2.21. The lowest BCUT2D eigenvalue weighted by molar-refractivity contribution is 0.0963. The largest absolute Gasteiger partial charge is 0.356 e. The van der Waals surface area contributed by atoms with Gasteiger partial charge in [0.15, 0.2) is 5.96 Å². The van der Waals surface area contributed by atoms with E-state index in [4.69, 9.17) is 0 Å². The standard InChI is InChI=1S/C22H29FN4O.HI/c1-22(2,18-9-6-10-19(23)14-18)15-27-21(25-4)26-12-11-16-7-5-8-17(13-16)20(28)24-3;/h5-10,13-14H,11-12,15H2,1-4H3,(H,24,28)(H2,25,26,27);1H. The summed E-state index contributed by atoms with van der Waals surface area (Å²) in [5.74, 6) is 0.367. The zero-order chi connectivity index (χ0) is 20.6. The number of hydrogen-bond acceptors (Lipinski definition) is 2. The molecule has 7 heteroatoms. The molecular formula is C22H30FIN4O. The summed E-state index contributed by atoms with van der Waals surface area (Å²) in [6, 6.07) is 14.2. The highest BCUT2D eigenvalue weighted by atomic mass is 127. The van der Waals surface area contributed by atoms with Gasteiger partial charge >= 0.3 is 0 Å². The number of nitrogens with one attached hydrogen (secondary N) is 3. The number of benzene rings is 2. The van der Waals surface area contributed by atoms with Gasteiger partial charge in [0.2, 0.25) is 0 Å². The third-order valence-corrected chi connectivity index (χ3v) is 4.65. The van der Waals surface area contributed by atoms with Gasteiger partial charge in [-0.25, -0.2) is 4.39 Å². The summed E-state index contributed by atoms with van der Waals surface area (Å²) in [6.07, 6.45) is 0.763. The molecule has 0 aliphatic rings. The highest BCUT2D eigenvalue weighted by molar-refractivity contribution is 14.0. The van der Waals surface area contributed by atoms with Gasteiger partial charge in [-0.1, -0.05) is 38.1 Å². The van der Waals surface area contributed by atoms with Gasteiger partial charge in [0.1, 0.15) is 5.82 Å². The maximum atomic E-state index is 13.5. The Morgan fingerprint density at radius 1 is 1.10 bits per heavy atom. The molecule has 1 amide bonds. The second kappa shape index (κ2) is 11.7. The fourth-order valence-electron chi connectivity index (χ4n) is 2.87. The van der Waals surface area contributed by atoms with E-state index in [1.54, 1.807) is 32.3 Å². The van der Waals surface area contributed by atoms with Crippen LogP contribution in [0.1, 0.15) is 35.3 Å². The van der Waals surface area contributed by atoms with E-state index in [1.807, 2.05) is 24.3 Å². The first-order valence-electron chi connectivity index (χ1n) is 9.37. The molecule has 29 heavy (non-hydrogen) atoms. The molecule has 158 valence electrons. The van der Waals surface area contributed by atoms with Crippen molar-refractivity contribution in [1.82, 2.24) is 16.0 Å². The first kappa shape index (κ1) is 24.9. The average Bonchev–Trinajstić information content (AvgIpc) is 2.70. The van der Waals surface area contributed by atoms with Gasteiger partial charge in [-0.3, -0.25) is 9.79 Å². The number of guanidine groups is 1. The third-order valence-electron chi connectivity index (χ3n) is 4.65. The van der Waals surface area contributed by atoms with Crippen molar-refractivity contribution in [2.24, 2.45) is 4.99 Å². The predicted octanol–water partition coefficient (Wildman–Crippen LogP) is 3.49.